The van der Waals surface area contributed by atoms with Crippen LogP contribution in [0.1, 0.15) is 54.3 Å². The Morgan fingerprint density at radius 1 is 1.00 bits per heavy atom. The Morgan fingerprint density at radius 3 is 2.32 bits per heavy atom. The number of ketones is 1. The lowest BCUT2D eigenvalue weighted by molar-refractivity contribution is 0.0755. The highest BCUT2D eigenvalue weighted by Crippen LogP contribution is 2.19. The van der Waals surface area contributed by atoms with Gasteiger partial charge in [-0.05, 0) is 38.0 Å². The third-order valence-electron chi connectivity index (χ3n) is 3.82. The zero-order valence-electron chi connectivity index (χ0n) is 15.1. The molecule has 1 aromatic carbocycles. The summed E-state index contributed by atoms with van der Waals surface area (Å²) < 4.78 is 0. The van der Waals surface area contributed by atoms with E-state index >= 15 is 0 Å². The van der Waals surface area contributed by atoms with E-state index in [1.807, 2.05) is 17.0 Å². The average Bonchev–Trinajstić information content (AvgIpc) is 2.61. The summed E-state index contributed by atoms with van der Waals surface area (Å²) in [5.41, 5.74) is 2.72. The molecule has 132 valence electrons. The molecule has 0 spiro atoms. The van der Waals surface area contributed by atoms with Crippen molar-refractivity contribution >= 4 is 23.1 Å². The molecule has 2 rings (SSSR count). The summed E-state index contributed by atoms with van der Waals surface area (Å²) in [4.78, 5) is 30.2. The first-order valence-corrected chi connectivity index (χ1v) is 8.67. The van der Waals surface area contributed by atoms with Crippen molar-refractivity contribution in [3.63, 3.8) is 0 Å². The molecule has 0 saturated heterocycles. The van der Waals surface area contributed by atoms with Crippen LogP contribution in [0.25, 0.3) is 0 Å². The van der Waals surface area contributed by atoms with Crippen molar-refractivity contribution in [1.29, 1.82) is 0 Å². The van der Waals surface area contributed by atoms with E-state index < -0.39 is 0 Å². The number of hydrogen-bond donors (Lipinski definition) is 1. The molecule has 1 heterocycles. The molecule has 0 aliphatic rings. The van der Waals surface area contributed by atoms with Gasteiger partial charge < -0.3 is 10.2 Å². The third kappa shape index (κ3) is 5.14. The Labute approximate surface area is 149 Å². The van der Waals surface area contributed by atoms with Gasteiger partial charge in [0.25, 0.3) is 5.91 Å². The fourth-order valence-corrected chi connectivity index (χ4v) is 2.65. The van der Waals surface area contributed by atoms with Gasteiger partial charge in [0.2, 0.25) is 0 Å². The number of nitrogens with one attached hydrogen (secondary N) is 1. The number of hydrogen-bond acceptors (Lipinski definition) is 4. The van der Waals surface area contributed by atoms with Crippen molar-refractivity contribution < 1.29 is 9.59 Å². The molecule has 0 bridgehead atoms. The summed E-state index contributed by atoms with van der Waals surface area (Å²) in [6.45, 7) is 7.15. The second kappa shape index (κ2) is 8.97. The van der Waals surface area contributed by atoms with E-state index in [4.69, 9.17) is 0 Å². The van der Waals surface area contributed by atoms with E-state index in [2.05, 4.69) is 24.1 Å². The van der Waals surface area contributed by atoms with Crippen molar-refractivity contribution in [2.75, 3.05) is 18.4 Å². The van der Waals surface area contributed by atoms with Crippen molar-refractivity contribution in [3.05, 3.63) is 53.9 Å². The Kier molecular flexibility index (Phi) is 6.69. The molecule has 25 heavy (non-hydrogen) atoms. The molecule has 2 aromatic rings. The maximum absolute atomic E-state index is 12.7. The molecule has 5 heteroatoms. The molecular weight excluding hydrogens is 314 g/mol. The summed E-state index contributed by atoms with van der Waals surface area (Å²) >= 11 is 0. The molecule has 1 amide bonds. The Morgan fingerprint density at radius 2 is 1.68 bits per heavy atom. The van der Waals surface area contributed by atoms with Crippen LogP contribution in [-0.2, 0) is 0 Å². The van der Waals surface area contributed by atoms with Crippen molar-refractivity contribution in [2.24, 2.45) is 0 Å². The molecule has 0 radical (unpaired) electrons. The summed E-state index contributed by atoms with van der Waals surface area (Å²) in [6, 6.07) is 9.07. The van der Waals surface area contributed by atoms with Crippen LogP contribution >= 0.6 is 0 Å². The summed E-state index contributed by atoms with van der Waals surface area (Å²) in [7, 11) is 0. The highest BCUT2D eigenvalue weighted by Gasteiger charge is 2.15. The largest absolute Gasteiger partial charge is 0.354 e. The second-order valence-electron chi connectivity index (χ2n) is 6.02. The fraction of sp³-hybridized carbons (Fsp3) is 0.350. The van der Waals surface area contributed by atoms with E-state index in [9.17, 15) is 9.59 Å². The second-order valence-corrected chi connectivity index (χ2v) is 6.02. The number of amides is 1. The van der Waals surface area contributed by atoms with Gasteiger partial charge in [-0.2, -0.15) is 0 Å². The number of carbonyl (C=O) groups excluding carboxylic acids is 2. The van der Waals surface area contributed by atoms with Gasteiger partial charge >= 0.3 is 0 Å². The number of pyridine rings is 1. The maximum Gasteiger partial charge on any atom is 0.255 e. The fourth-order valence-electron chi connectivity index (χ4n) is 2.65. The number of Topliss-reactive ketones (excluding diaryl/α,β-unsaturated/α-hetero) is 1. The summed E-state index contributed by atoms with van der Waals surface area (Å²) in [5.74, 6) is 0.0119. The van der Waals surface area contributed by atoms with Crippen LogP contribution in [-0.4, -0.2) is 34.7 Å². The normalized spacial score (nSPS) is 10.4. The van der Waals surface area contributed by atoms with Gasteiger partial charge in [0, 0.05) is 30.5 Å². The zero-order valence-corrected chi connectivity index (χ0v) is 15.1. The van der Waals surface area contributed by atoms with E-state index in [0.717, 1.165) is 37.3 Å². The van der Waals surface area contributed by atoms with E-state index in [1.165, 1.54) is 6.92 Å². The lowest BCUT2D eigenvalue weighted by Crippen LogP contribution is -2.32. The average molecular weight is 339 g/mol. The molecule has 0 fully saturated rings. The zero-order chi connectivity index (χ0) is 18.2. The predicted molar refractivity (Wildman–Crippen MR) is 100 cm³/mol. The van der Waals surface area contributed by atoms with Crippen LogP contribution in [0, 0.1) is 0 Å². The van der Waals surface area contributed by atoms with Gasteiger partial charge in [0.15, 0.2) is 5.78 Å². The minimum atomic E-state index is -0.00247. The molecule has 0 unspecified atom stereocenters. The topological polar surface area (TPSA) is 62.3 Å². The molecule has 1 aromatic heterocycles. The molecule has 0 aliphatic carbocycles. The molecular formula is C20H25N3O2. The maximum atomic E-state index is 12.7. The first-order chi connectivity index (χ1) is 12.0. The van der Waals surface area contributed by atoms with Crippen molar-refractivity contribution in [2.45, 2.75) is 33.6 Å². The van der Waals surface area contributed by atoms with Gasteiger partial charge in [-0.25, -0.2) is 0 Å². The van der Waals surface area contributed by atoms with Gasteiger partial charge in [0.1, 0.15) is 0 Å². The molecule has 0 atom stereocenters. The quantitative estimate of drug-likeness (QED) is 0.729. The smallest absolute Gasteiger partial charge is 0.255 e. The Hall–Kier alpha value is -2.69. The number of benzene rings is 1. The first-order valence-electron chi connectivity index (χ1n) is 8.67. The van der Waals surface area contributed by atoms with Crippen LogP contribution in [0.2, 0.25) is 0 Å². The third-order valence-corrected chi connectivity index (χ3v) is 3.82. The van der Waals surface area contributed by atoms with Crippen molar-refractivity contribution in [3.8, 4) is 0 Å². The Bertz CT molecular complexity index is 737. The molecule has 0 saturated carbocycles. The van der Waals surface area contributed by atoms with Gasteiger partial charge in [-0.3, -0.25) is 14.6 Å². The number of nitrogens with zero attached hydrogens (tertiary/aromatic N) is 2. The first kappa shape index (κ1) is 18.6. The van der Waals surface area contributed by atoms with Crippen LogP contribution < -0.4 is 5.32 Å². The number of carbonyl (C=O) groups is 2. The van der Waals surface area contributed by atoms with E-state index in [0.29, 0.717) is 11.1 Å². The Balaban J connectivity index is 2.19. The summed E-state index contributed by atoms with van der Waals surface area (Å²) in [5, 5.41) is 3.21. The number of aromatic nitrogens is 1. The van der Waals surface area contributed by atoms with Crippen LogP contribution in [0.3, 0.4) is 0 Å². The highest BCUT2D eigenvalue weighted by atomic mass is 16.2. The van der Waals surface area contributed by atoms with E-state index in [1.54, 1.807) is 30.6 Å². The van der Waals surface area contributed by atoms with Crippen molar-refractivity contribution in [1.82, 2.24) is 9.88 Å². The van der Waals surface area contributed by atoms with E-state index in [-0.39, 0.29) is 11.7 Å². The molecule has 5 nitrogen and oxygen atoms in total. The standard InChI is InChI=1S/C20H25N3O2/c1-4-9-23(10-5-2)20(25)17-12-19(14-21-13-17)22-18-8-6-7-16(11-18)15(3)24/h6-8,11-14,22H,4-5,9-10H2,1-3H3. The molecule has 0 aliphatic heterocycles. The predicted octanol–water partition coefficient (Wildman–Crippen LogP) is 4.29. The minimum Gasteiger partial charge on any atom is -0.354 e. The van der Waals surface area contributed by atoms with Crippen LogP contribution in [0.5, 0.6) is 0 Å². The number of rotatable bonds is 8. The van der Waals surface area contributed by atoms with Gasteiger partial charge in [-0.15, -0.1) is 0 Å². The molecule has 1 N–H and O–H groups in total. The van der Waals surface area contributed by atoms with Crippen LogP contribution in [0.15, 0.2) is 42.7 Å². The summed E-state index contributed by atoms with van der Waals surface area (Å²) in [6.07, 6.45) is 5.11. The lowest BCUT2D eigenvalue weighted by Gasteiger charge is -2.21. The lowest BCUT2D eigenvalue weighted by atomic mass is 10.1. The van der Waals surface area contributed by atoms with Gasteiger partial charge in [0.05, 0.1) is 17.4 Å². The minimum absolute atomic E-state index is 0.00247. The van der Waals surface area contributed by atoms with Gasteiger partial charge in [-0.1, -0.05) is 26.0 Å². The monoisotopic (exact) mass is 339 g/mol. The SMILES string of the molecule is CCCN(CCC)C(=O)c1cncc(Nc2cccc(C(C)=O)c2)c1. The van der Waals surface area contributed by atoms with Crippen LogP contribution in [0.4, 0.5) is 11.4 Å². The number of anilines is 2. The highest BCUT2D eigenvalue weighted by molar-refractivity contribution is 5.96.